The largest absolute Gasteiger partial charge is 0.401 e. The SMILES string of the molecule is CN=C(NCc1ccc(-n2ccnc2)c(F)c1)NC1CCN(CC(F)(F)F)C1.I. The van der Waals surface area contributed by atoms with E-state index in [1.807, 2.05) is 0 Å². The topological polar surface area (TPSA) is 57.5 Å². The first kappa shape index (κ1) is 23.4. The van der Waals surface area contributed by atoms with Crippen LogP contribution in [-0.4, -0.2) is 59.3 Å². The molecule has 0 spiro atoms. The third-order valence-electron chi connectivity index (χ3n) is 4.49. The van der Waals surface area contributed by atoms with Gasteiger partial charge in [0.15, 0.2) is 5.96 Å². The van der Waals surface area contributed by atoms with Crippen LogP contribution in [0.2, 0.25) is 0 Å². The molecule has 11 heteroatoms. The van der Waals surface area contributed by atoms with E-state index < -0.39 is 12.7 Å². The summed E-state index contributed by atoms with van der Waals surface area (Å²) < 4.78 is 53.4. The second kappa shape index (κ2) is 10.2. The second-order valence-corrected chi connectivity index (χ2v) is 6.66. The van der Waals surface area contributed by atoms with Crippen molar-refractivity contribution in [3.05, 3.63) is 48.3 Å². The fourth-order valence-electron chi connectivity index (χ4n) is 3.19. The van der Waals surface area contributed by atoms with E-state index in [-0.39, 0.29) is 35.8 Å². The summed E-state index contributed by atoms with van der Waals surface area (Å²) >= 11 is 0. The van der Waals surface area contributed by atoms with Gasteiger partial charge >= 0.3 is 6.18 Å². The highest BCUT2D eigenvalue weighted by Gasteiger charge is 2.34. The number of alkyl halides is 3. The average Bonchev–Trinajstić information content (AvgIpc) is 3.29. The van der Waals surface area contributed by atoms with Gasteiger partial charge in [0, 0.05) is 45.1 Å². The molecule has 1 saturated heterocycles. The minimum atomic E-state index is -4.19. The number of likely N-dealkylation sites (tertiary alicyclic amines) is 1. The van der Waals surface area contributed by atoms with E-state index in [0.717, 1.165) is 5.56 Å². The summed E-state index contributed by atoms with van der Waals surface area (Å²) in [6.07, 6.45) is 1.16. The zero-order chi connectivity index (χ0) is 20.1. The third-order valence-corrected chi connectivity index (χ3v) is 4.49. The van der Waals surface area contributed by atoms with Crippen molar-refractivity contribution in [3.8, 4) is 5.69 Å². The summed E-state index contributed by atoms with van der Waals surface area (Å²) in [4.78, 5) is 9.37. The lowest BCUT2D eigenvalue weighted by atomic mass is 10.2. The number of halogens is 5. The Bertz CT molecular complexity index is 809. The molecule has 1 aliphatic rings. The number of guanidine groups is 1. The zero-order valence-corrected chi connectivity index (χ0v) is 18.1. The maximum Gasteiger partial charge on any atom is 0.401 e. The zero-order valence-electron chi connectivity index (χ0n) is 15.8. The smallest absolute Gasteiger partial charge is 0.352 e. The molecule has 29 heavy (non-hydrogen) atoms. The Labute approximate surface area is 183 Å². The van der Waals surface area contributed by atoms with Gasteiger partial charge < -0.3 is 15.2 Å². The van der Waals surface area contributed by atoms with E-state index in [1.54, 1.807) is 36.1 Å². The molecule has 0 amide bonds. The number of imidazole rings is 1. The Hall–Kier alpha value is -1.89. The lowest BCUT2D eigenvalue weighted by molar-refractivity contribution is -0.143. The van der Waals surface area contributed by atoms with Crippen LogP contribution in [-0.2, 0) is 6.54 Å². The number of benzene rings is 1. The van der Waals surface area contributed by atoms with Gasteiger partial charge in [-0.25, -0.2) is 9.37 Å². The van der Waals surface area contributed by atoms with E-state index in [2.05, 4.69) is 20.6 Å². The molecule has 1 aromatic heterocycles. The first-order valence-electron chi connectivity index (χ1n) is 8.87. The van der Waals surface area contributed by atoms with Crippen LogP contribution in [0.25, 0.3) is 5.69 Å². The average molecular weight is 526 g/mol. The van der Waals surface area contributed by atoms with E-state index in [4.69, 9.17) is 0 Å². The van der Waals surface area contributed by atoms with Crippen LogP contribution in [0.5, 0.6) is 0 Å². The van der Waals surface area contributed by atoms with Crippen LogP contribution in [0, 0.1) is 5.82 Å². The Balaban J connectivity index is 0.00000300. The summed E-state index contributed by atoms with van der Waals surface area (Å²) in [6.45, 7) is 0.114. The quantitative estimate of drug-likeness (QED) is 0.273. The molecule has 2 aromatic rings. The molecule has 160 valence electrons. The van der Waals surface area contributed by atoms with Crippen molar-refractivity contribution < 1.29 is 17.6 Å². The van der Waals surface area contributed by atoms with Crippen LogP contribution >= 0.6 is 24.0 Å². The number of nitrogens with one attached hydrogen (secondary N) is 2. The predicted molar refractivity (Wildman–Crippen MR) is 113 cm³/mol. The van der Waals surface area contributed by atoms with Gasteiger partial charge in [-0.15, -0.1) is 24.0 Å². The Morgan fingerprint density at radius 1 is 1.34 bits per heavy atom. The van der Waals surface area contributed by atoms with E-state index in [0.29, 0.717) is 37.7 Å². The molecule has 2 N–H and O–H groups in total. The standard InChI is InChI=1S/C18H22F4N6.HI/c1-23-17(26-14-4-6-27(10-14)11-18(20,21)22)25-9-13-2-3-16(15(19)8-13)28-7-5-24-12-28;/h2-3,5,7-8,12,14H,4,6,9-11H2,1H3,(H2,23,25,26);1H. The van der Waals surface area contributed by atoms with Gasteiger partial charge in [-0.2, -0.15) is 13.2 Å². The molecule has 1 atom stereocenters. The van der Waals surface area contributed by atoms with Crippen LogP contribution in [0.15, 0.2) is 41.9 Å². The van der Waals surface area contributed by atoms with Crippen molar-refractivity contribution >= 4 is 29.9 Å². The van der Waals surface area contributed by atoms with Crippen molar-refractivity contribution in [2.45, 2.75) is 25.2 Å². The number of aliphatic imine (C=N–C) groups is 1. The number of hydrogen-bond acceptors (Lipinski definition) is 3. The fourth-order valence-corrected chi connectivity index (χ4v) is 3.19. The van der Waals surface area contributed by atoms with Gasteiger partial charge in [0.05, 0.1) is 18.6 Å². The summed E-state index contributed by atoms with van der Waals surface area (Å²) in [6, 6.07) is 4.76. The molecule has 2 heterocycles. The van der Waals surface area contributed by atoms with Crippen molar-refractivity contribution in [1.82, 2.24) is 25.1 Å². The van der Waals surface area contributed by atoms with Crippen molar-refractivity contribution in [1.29, 1.82) is 0 Å². The number of rotatable bonds is 5. The molecule has 1 aromatic carbocycles. The van der Waals surface area contributed by atoms with Crippen molar-refractivity contribution in [2.75, 3.05) is 26.7 Å². The normalized spacial score (nSPS) is 17.8. The molecular weight excluding hydrogens is 503 g/mol. The molecular formula is C18H23F4IN6. The van der Waals surface area contributed by atoms with Gasteiger partial charge in [0.25, 0.3) is 0 Å². The highest BCUT2D eigenvalue weighted by atomic mass is 127. The van der Waals surface area contributed by atoms with Crippen LogP contribution < -0.4 is 10.6 Å². The minimum Gasteiger partial charge on any atom is -0.352 e. The highest BCUT2D eigenvalue weighted by Crippen LogP contribution is 2.20. The van der Waals surface area contributed by atoms with Crippen LogP contribution in [0.3, 0.4) is 0 Å². The molecule has 0 saturated carbocycles. The lowest BCUT2D eigenvalue weighted by Gasteiger charge is -2.20. The van der Waals surface area contributed by atoms with Crippen LogP contribution in [0.4, 0.5) is 17.6 Å². The molecule has 1 unspecified atom stereocenters. The third kappa shape index (κ3) is 6.84. The summed E-state index contributed by atoms with van der Waals surface area (Å²) in [5.41, 5.74) is 1.12. The van der Waals surface area contributed by atoms with Crippen molar-refractivity contribution in [2.24, 2.45) is 4.99 Å². The summed E-state index contributed by atoms with van der Waals surface area (Å²) in [5, 5.41) is 6.19. The maximum absolute atomic E-state index is 14.3. The van der Waals surface area contributed by atoms with Crippen LogP contribution in [0.1, 0.15) is 12.0 Å². The number of nitrogens with zero attached hydrogens (tertiary/aromatic N) is 4. The first-order valence-corrected chi connectivity index (χ1v) is 8.87. The lowest BCUT2D eigenvalue weighted by Crippen LogP contribution is -2.44. The van der Waals surface area contributed by atoms with E-state index in [1.165, 1.54) is 17.3 Å². The summed E-state index contributed by atoms with van der Waals surface area (Å²) in [5.74, 6) is 0.0942. The molecule has 0 aliphatic carbocycles. The van der Waals surface area contributed by atoms with Gasteiger partial charge in [-0.3, -0.25) is 9.89 Å². The summed E-state index contributed by atoms with van der Waals surface area (Å²) in [7, 11) is 1.58. The highest BCUT2D eigenvalue weighted by molar-refractivity contribution is 14.0. The van der Waals surface area contributed by atoms with Crippen molar-refractivity contribution in [3.63, 3.8) is 0 Å². The van der Waals surface area contributed by atoms with Gasteiger partial charge in [-0.05, 0) is 24.1 Å². The Kier molecular flexibility index (Phi) is 8.25. The van der Waals surface area contributed by atoms with E-state index in [9.17, 15) is 17.6 Å². The molecule has 3 rings (SSSR count). The monoisotopic (exact) mass is 526 g/mol. The van der Waals surface area contributed by atoms with E-state index >= 15 is 0 Å². The van der Waals surface area contributed by atoms with Gasteiger partial charge in [0.1, 0.15) is 5.82 Å². The first-order chi connectivity index (χ1) is 13.3. The van der Waals surface area contributed by atoms with Gasteiger partial charge in [0.2, 0.25) is 0 Å². The Morgan fingerprint density at radius 3 is 2.76 bits per heavy atom. The van der Waals surface area contributed by atoms with Gasteiger partial charge in [-0.1, -0.05) is 6.07 Å². The second-order valence-electron chi connectivity index (χ2n) is 6.66. The number of hydrogen-bond donors (Lipinski definition) is 2. The minimum absolute atomic E-state index is 0. The molecule has 6 nitrogen and oxygen atoms in total. The number of aromatic nitrogens is 2. The molecule has 1 fully saturated rings. The Morgan fingerprint density at radius 2 is 2.14 bits per heavy atom. The molecule has 0 radical (unpaired) electrons. The molecule has 0 bridgehead atoms. The molecule has 1 aliphatic heterocycles. The maximum atomic E-state index is 14.3. The fraction of sp³-hybridized carbons (Fsp3) is 0.444. The predicted octanol–water partition coefficient (Wildman–Crippen LogP) is 2.93.